The van der Waals surface area contributed by atoms with Crippen LogP contribution in [0.25, 0.3) is 11.4 Å². The van der Waals surface area contributed by atoms with Gasteiger partial charge < -0.3 is 18.9 Å². The van der Waals surface area contributed by atoms with Crippen LogP contribution < -0.4 is 4.74 Å². The first-order chi connectivity index (χ1) is 15.2. The second kappa shape index (κ2) is 9.48. The second-order valence-electron chi connectivity index (χ2n) is 8.01. The van der Waals surface area contributed by atoms with Gasteiger partial charge in [-0.15, -0.1) is 0 Å². The van der Waals surface area contributed by atoms with Crippen LogP contribution in [0.4, 0.5) is 13.2 Å². The van der Waals surface area contributed by atoms with Crippen molar-refractivity contribution in [1.82, 2.24) is 15.0 Å². The molecule has 1 saturated heterocycles. The Kier molecular flexibility index (Phi) is 7.12. The Balaban J connectivity index is 0.00000141. The predicted octanol–water partition coefficient (Wildman–Crippen LogP) is 4.71. The molecule has 2 aliphatic rings. The van der Waals surface area contributed by atoms with Crippen LogP contribution in [0.2, 0.25) is 0 Å². The Morgan fingerprint density at radius 3 is 2.53 bits per heavy atom. The number of nitrogens with zero attached hydrogens (tertiary/aromatic N) is 3. The molecule has 1 atom stereocenters. The average molecular weight is 455 g/mol. The number of aromatic nitrogens is 2. The molecular formula is C22H28F3N3O4. The second-order valence-corrected chi connectivity index (χ2v) is 8.01. The fourth-order valence-electron chi connectivity index (χ4n) is 3.71. The van der Waals surface area contributed by atoms with Crippen LogP contribution in [0, 0.1) is 5.41 Å². The molecule has 3 heterocycles. The summed E-state index contributed by atoms with van der Waals surface area (Å²) in [7, 11) is 0. The van der Waals surface area contributed by atoms with E-state index in [1.54, 1.807) is 18.2 Å². The minimum Gasteiger partial charge on any atom is -0.491 e. The zero-order chi connectivity index (χ0) is 23.5. The zero-order valence-corrected chi connectivity index (χ0v) is 18.7. The molecule has 1 unspecified atom stereocenters. The Morgan fingerprint density at radius 1 is 1.22 bits per heavy atom. The summed E-state index contributed by atoms with van der Waals surface area (Å²) in [5.74, 6) is -1.02. The SMILES string of the molecule is CC.CC1COc2cc(-c3noc(C(F)(F)F)n3)ccc2CN1C(=O)C1(C)CCOCC1. The van der Waals surface area contributed by atoms with Crippen molar-refractivity contribution >= 4 is 5.91 Å². The van der Waals surface area contributed by atoms with Crippen LogP contribution >= 0.6 is 0 Å². The molecule has 4 rings (SSSR count). The largest absolute Gasteiger partial charge is 0.491 e. The van der Waals surface area contributed by atoms with Crippen LogP contribution in [-0.2, 0) is 22.3 Å². The Bertz CT molecular complexity index is 939. The van der Waals surface area contributed by atoms with E-state index in [1.165, 1.54) is 0 Å². The van der Waals surface area contributed by atoms with E-state index in [9.17, 15) is 18.0 Å². The highest BCUT2D eigenvalue weighted by atomic mass is 19.4. The lowest BCUT2D eigenvalue weighted by Crippen LogP contribution is -2.49. The highest BCUT2D eigenvalue weighted by Gasteiger charge is 2.41. The molecule has 1 aromatic carbocycles. The van der Waals surface area contributed by atoms with Gasteiger partial charge in [0.25, 0.3) is 0 Å². The van der Waals surface area contributed by atoms with Gasteiger partial charge in [-0.2, -0.15) is 18.2 Å². The first kappa shape index (κ1) is 24.0. The minimum absolute atomic E-state index is 0.0619. The van der Waals surface area contributed by atoms with Gasteiger partial charge in [0.15, 0.2) is 0 Å². The molecule has 0 bridgehead atoms. The van der Waals surface area contributed by atoms with Crippen LogP contribution in [0.5, 0.6) is 5.75 Å². The summed E-state index contributed by atoms with van der Waals surface area (Å²) >= 11 is 0. The molecular weight excluding hydrogens is 427 g/mol. The van der Waals surface area contributed by atoms with Crippen LogP contribution in [0.15, 0.2) is 22.7 Å². The summed E-state index contributed by atoms with van der Waals surface area (Å²) < 4.78 is 53.8. The van der Waals surface area contributed by atoms with Crippen molar-refractivity contribution < 1.29 is 32.0 Å². The Labute approximate surface area is 184 Å². The maximum Gasteiger partial charge on any atom is 0.471 e. The van der Waals surface area contributed by atoms with Gasteiger partial charge in [-0.3, -0.25) is 4.79 Å². The number of alkyl halides is 3. The van der Waals surface area contributed by atoms with E-state index in [4.69, 9.17) is 9.47 Å². The zero-order valence-electron chi connectivity index (χ0n) is 18.7. The molecule has 1 fully saturated rings. The van der Waals surface area contributed by atoms with Crippen molar-refractivity contribution in [2.75, 3.05) is 19.8 Å². The number of rotatable bonds is 2. The van der Waals surface area contributed by atoms with Gasteiger partial charge in [-0.05, 0) is 25.8 Å². The van der Waals surface area contributed by atoms with Crippen LogP contribution in [0.3, 0.4) is 0 Å². The minimum atomic E-state index is -4.70. The predicted molar refractivity (Wildman–Crippen MR) is 110 cm³/mol. The van der Waals surface area contributed by atoms with E-state index in [2.05, 4.69) is 14.7 Å². The van der Waals surface area contributed by atoms with Crippen molar-refractivity contribution in [3.63, 3.8) is 0 Å². The molecule has 2 aromatic rings. The van der Waals surface area contributed by atoms with Gasteiger partial charge >= 0.3 is 12.1 Å². The highest BCUT2D eigenvalue weighted by Crippen LogP contribution is 2.36. The number of halogens is 3. The molecule has 2 aliphatic heterocycles. The fourth-order valence-corrected chi connectivity index (χ4v) is 3.71. The first-order valence-corrected chi connectivity index (χ1v) is 10.7. The van der Waals surface area contributed by atoms with E-state index in [1.807, 2.05) is 32.6 Å². The lowest BCUT2D eigenvalue weighted by atomic mass is 9.80. The molecule has 0 spiro atoms. The number of carbonyl (C=O) groups excluding carboxylic acids is 1. The molecule has 176 valence electrons. The molecule has 0 saturated carbocycles. The summed E-state index contributed by atoms with van der Waals surface area (Å²) in [6.45, 7) is 9.63. The standard InChI is InChI=1S/C20H22F3N3O4.C2H6/c1-12-11-29-15-9-13(16-24-17(30-25-16)20(21,22)23)3-4-14(15)10-26(12)18(27)19(2)5-7-28-8-6-19;1-2/h3-4,9,12H,5-8,10-11H2,1-2H3;1-2H3. The third-order valence-corrected chi connectivity index (χ3v) is 5.72. The monoisotopic (exact) mass is 455 g/mol. The summed E-state index contributed by atoms with van der Waals surface area (Å²) in [6.07, 6.45) is -3.37. The van der Waals surface area contributed by atoms with Crippen molar-refractivity contribution in [1.29, 1.82) is 0 Å². The normalized spacial score (nSPS) is 20.3. The summed E-state index contributed by atoms with van der Waals surface area (Å²) in [5.41, 5.74) is 0.638. The van der Waals surface area contributed by atoms with E-state index in [0.29, 0.717) is 43.9 Å². The highest BCUT2D eigenvalue weighted by molar-refractivity contribution is 5.83. The number of carbonyl (C=O) groups is 1. The van der Waals surface area contributed by atoms with Gasteiger partial charge in [0.1, 0.15) is 12.4 Å². The molecule has 7 nitrogen and oxygen atoms in total. The molecule has 10 heteroatoms. The maximum atomic E-state index is 13.3. The quantitative estimate of drug-likeness (QED) is 0.653. The number of ether oxygens (including phenoxy) is 2. The van der Waals surface area contributed by atoms with Crippen LogP contribution in [-0.4, -0.2) is 46.8 Å². The molecule has 32 heavy (non-hydrogen) atoms. The summed E-state index contributed by atoms with van der Waals surface area (Å²) in [6, 6.07) is 4.74. The Hall–Kier alpha value is -2.62. The maximum absolute atomic E-state index is 13.3. The van der Waals surface area contributed by atoms with Gasteiger partial charge in [-0.25, -0.2) is 0 Å². The topological polar surface area (TPSA) is 77.7 Å². The number of fused-ring (bicyclic) bond motifs is 1. The summed E-state index contributed by atoms with van der Waals surface area (Å²) in [4.78, 5) is 18.5. The molecule has 1 aromatic heterocycles. The Morgan fingerprint density at radius 2 is 1.91 bits per heavy atom. The van der Waals surface area contributed by atoms with Crippen LogP contribution in [0.1, 0.15) is 52.0 Å². The van der Waals surface area contributed by atoms with Crippen molar-refractivity contribution in [3.8, 4) is 17.1 Å². The van der Waals surface area contributed by atoms with Gasteiger partial charge in [-0.1, -0.05) is 38.1 Å². The molecule has 0 radical (unpaired) electrons. The number of amides is 1. The van der Waals surface area contributed by atoms with E-state index < -0.39 is 17.5 Å². The fraction of sp³-hybridized carbons (Fsp3) is 0.591. The van der Waals surface area contributed by atoms with Gasteiger partial charge in [0.2, 0.25) is 11.7 Å². The van der Waals surface area contributed by atoms with Crippen molar-refractivity contribution in [3.05, 3.63) is 29.7 Å². The average Bonchev–Trinajstić information content (AvgIpc) is 3.23. The molecule has 0 N–H and O–H groups in total. The molecule has 1 amide bonds. The lowest BCUT2D eigenvalue weighted by Gasteiger charge is -2.38. The third kappa shape index (κ3) is 4.90. The number of hydrogen-bond acceptors (Lipinski definition) is 6. The number of benzene rings is 1. The van der Waals surface area contributed by atoms with E-state index in [-0.39, 0.29) is 24.4 Å². The van der Waals surface area contributed by atoms with Crippen molar-refractivity contribution in [2.45, 2.75) is 59.3 Å². The smallest absolute Gasteiger partial charge is 0.471 e. The van der Waals surface area contributed by atoms with Crippen molar-refractivity contribution in [2.24, 2.45) is 5.41 Å². The van der Waals surface area contributed by atoms with Gasteiger partial charge in [0.05, 0.1) is 11.5 Å². The molecule has 0 aliphatic carbocycles. The summed E-state index contributed by atoms with van der Waals surface area (Å²) in [5, 5.41) is 3.42. The first-order valence-electron chi connectivity index (χ1n) is 10.7. The van der Waals surface area contributed by atoms with Gasteiger partial charge in [0, 0.05) is 30.9 Å². The lowest BCUT2D eigenvalue weighted by molar-refractivity contribution is -0.159. The number of hydrogen-bond donors (Lipinski definition) is 0. The van der Waals surface area contributed by atoms with E-state index >= 15 is 0 Å². The van der Waals surface area contributed by atoms with E-state index in [0.717, 1.165) is 5.56 Å². The third-order valence-electron chi connectivity index (χ3n) is 5.72.